The van der Waals surface area contributed by atoms with E-state index in [9.17, 15) is 17.8 Å². The molecule has 0 aliphatic heterocycles. The predicted molar refractivity (Wildman–Crippen MR) is 59.3 cm³/mol. The van der Waals surface area contributed by atoms with Gasteiger partial charge in [0.05, 0.1) is 0 Å². The van der Waals surface area contributed by atoms with Crippen LogP contribution in [0.25, 0.3) is 0 Å². The molecule has 8 N–H and O–H groups in total. The van der Waals surface area contributed by atoms with Crippen molar-refractivity contribution in [1.82, 2.24) is 9.58 Å². The number of carboxylic acid groups (broad SMARTS) is 1. The highest BCUT2D eigenvalue weighted by Crippen LogP contribution is 2.25. The largest absolute Gasteiger partial charge is 0.480 e. The summed E-state index contributed by atoms with van der Waals surface area (Å²) in [5, 5.41) is 10.6. The van der Waals surface area contributed by atoms with Gasteiger partial charge >= 0.3 is 16.3 Å². The molecule has 0 aromatic carbocycles. The first-order valence-corrected chi connectivity index (χ1v) is 7.64. The lowest BCUT2D eigenvalue weighted by molar-refractivity contribution is -0.138. The number of aliphatic carboxylic acids is 1. The minimum Gasteiger partial charge on any atom is -0.480 e. The lowest BCUT2D eigenvalue weighted by Crippen LogP contribution is -2.34. The van der Waals surface area contributed by atoms with Crippen molar-refractivity contribution in [2.45, 2.75) is 18.9 Å². The second-order valence-electron chi connectivity index (χ2n) is 3.22. The topological polar surface area (TPSA) is 185 Å². The van der Waals surface area contributed by atoms with E-state index in [2.05, 4.69) is 5.09 Å². The molecule has 0 spiro atoms. The van der Waals surface area contributed by atoms with E-state index < -0.39 is 29.9 Å². The first kappa shape index (κ1) is 16.4. The Morgan fingerprint density at radius 1 is 1.47 bits per heavy atom. The molecule has 0 saturated heterocycles. The molecule has 0 radical (unpaired) electrons. The van der Waals surface area contributed by atoms with Crippen molar-refractivity contribution < 1.29 is 27.4 Å². The third-order valence-corrected chi connectivity index (χ3v) is 4.31. The highest BCUT2D eigenvalue weighted by molar-refractivity contribution is 7.90. The normalized spacial score (nSPS) is 17.4. The smallest absolute Gasteiger partial charge is 0.341 e. The number of nitrogens with two attached hydrogens (primary N) is 2. The molecule has 0 aliphatic rings. The van der Waals surface area contributed by atoms with E-state index in [0.717, 1.165) is 0 Å². The molecule has 0 saturated carbocycles. The van der Waals surface area contributed by atoms with Gasteiger partial charge in [0.25, 0.3) is 7.59 Å². The molecule has 0 rings (SSSR count). The first-order valence-electron chi connectivity index (χ1n) is 4.42. The Morgan fingerprint density at radius 2 is 2.00 bits per heavy atom. The Kier molecular flexibility index (Phi) is 6.19. The predicted octanol–water partition coefficient (Wildman–Crippen LogP) is -1.77. The van der Waals surface area contributed by atoms with Crippen molar-refractivity contribution in [2.24, 2.45) is 11.2 Å². The maximum Gasteiger partial charge on any atom is 0.341 e. The van der Waals surface area contributed by atoms with Crippen molar-refractivity contribution in [2.75, 3.05) is 6.54 Å². The van der Waals surface area contributed by atoms with Crippen LogP contribution in [-0.2, 0) is 19.7 Å². The second kappa shape index (κ2) is 6.40. The Morgan fingerprint density at radius 3 is 2.41 bits per heavy atom. The average Bonchev–Trinajstić information content (AvgIpc) is 2.07. The number of carbonyl (C=O) groups is 1. The van der Waals surface area contributed by atoms with E-state index in [-0.39, 0.29) is 19.4 Å². The fourth-order valence-corrected chi connectivity index (χ4v) is 3.01. The summed E-state index contributed by atoms with van der Waals surface area (Å²) in [5.41, 5.74) is 10.2. The molecule has 0 aliphatic carbocycles. The molecule has 0 aromatic heterocycles. The van der Waals surface area contributed by atoms with E-state index in [0.29, 0.717) is 0 Å². The minimum atomic E-state index is -4.67. The lowest BCUT2D eigenvalue weighted by Gasteiger charge is -2.14. The molecule has 0 amide bonds. The van der Waals surface area contributed by atoms with E-state index in [4.69, 9.17) is 20.9 Å². The van der Waals surface area contributed by atoms with Crippen molar-refractivity contribution in [3.63, 3.8) is 0 Å². The Labute approximate surface area is 98.2 Å². The molecule has 0 aromatic rings. The van der Waals surface area contributed by atoms with Crippen LogP contribution in [0.5, 0.6) is 0 Å². The average molecular weight is 290 g/mol. The van der Waals surface area contributed by atoms with Gasteiger partial charge in [-0.15, -0.1) is 4.49 Å². The van der Waals surface area contributed by atoms with Gasteiger partial charge in [-0.2, -0.15) is 8.42 Å². The fraction of sp³-hybridized carbons (Fsp3) is 0.800. The monoisotopic (exact) mass is 290 g/mol. The summed E-state index contributed by atoms with van der Waals surface area (Å²) in [4.78, 5) is 10.3. The fourth-order valence-electron chi connectivity index (χ4n) is 0.894. The molecular formula is C5H15N4O6PS. The summed E-state index contributed by atoms with van der Waals surface area (Å²) in [6.07, 6.45) is 0.329. The van der Waals surface area contributed by atoms with Crippen molar-refractivity contribution in [3.05, 3.63) is 0 Å². The molecule has 0 heterocycles. The highest BCUT2D eigenvalue weighted by atomic mass is 32.2. The SMILES string of the molecule is N[C@@H](CCCNP(N)(=O)NS(=O)(=O)O)C(=O)O. The molecule has 10 nitrogen and oxygen atoms in total. The molecule has 12 heteroatoms. The van der Waals surface area contributed by atoms with Gasteiger partial charge in [0.15, 0.2) is 0 Å². The molecule has 102 valence electrons. The number of hydrogen-bond acceptors (Lipinski definition) is 5. The summed E-state index contributed by atoms with van der Waals surface area (Å²) < 4.78 is 41.6. The number of carboxylic acids is 1. The maximum atomic E-state index is 11.3. The lowest BCUT2D eigenvalue weighted by atomic mass is 10.2. The molecule has 2 atom stereocenters. The second-order valence-corrected chi connectivity index (χ2v) is 6.53. The zero-order valence-corrected chi connectivity index (χ0v) is 10.4. The van der Waals surface area contributed by atoms with Gasteiger partial charge in [0.1, 0.15) is 6.04 Å². The molecular weight excluding hydrogens is 275 g/mol. The van der Waals surface area contributed by atoms with Gasteiger partial charge in [0, 0.05) is 6.54 Å². The number of nitrogens with one attached hydrogen (secondary N) is 2. The Balaban J connectivity index is 3.97. The van der Waals surface area contributed by atoms with Crippen LogP contribution in [0.3, 0.4) is 0 Å². The van der Waals surface area contributed by atoms with Gasteiger partial charge in [-0.05, 0) is 12.8 Å². The molecule has 0 bridgehead atoms. The minimum absolute atomic E-state index is 0.0166. The van der Waals surface area contributed by atoms with E-state index >= 15 is 0 Å². The van der Waals surface area contributed by atoms with Crippen LogP contribution in [0, 0.1) is 0 Å². The summed E-state index contributed by atoms with van der Waals surface area (Å²) in [6.45, 7) is -0.0166. The first-order chi connectivity index (χ1) is 7.53. The van der Waals surface area contributed by atoms with Crippen LogP contribution < -0.4 is 20.8 Å². The van der Waals surface area contributed by atoms with Crippen LogP contribution in [0.4, 0.5) is 0 Å². The Bertz CT molecular complexity index is 411. The maximum absolute atomic E-state index is 11.3. The zero-order valence-electron chi connectivity index (χ0n) is 8.74. The van der Waals surface area contributed by atoms with Gasteiger partial charge in [0.2, 0.25) is 0 Å². The van der Waals surface area contributed by atoms with E-state index in [1.165, 1.54) is 4.49 Å². The van der Waals surface area contributed by atoms with Crippen LogP contribution in [0.1, 0.15) is 12.8 Å². The van der Waals surface area contributed by atoms with Gasteiger partial charge in [-0.1, -0.05) is 0 Å². The third-order valence-electron chi connectivity index (χ3n) is 1.61. The van der Waals surface area contributed by atoms with Crippen LogP contribution >= 0.6 is 7.59 Å². The molecule has 1 unspecified atom stereocenters. The van der Waals surface area contributed by atoms with Gasteiger partial charge in [-0.25, -0.2) is 5.09 Å². The van der Waals surface area contributed by atoms with E-state index in [1.54, 1.807) is 0 Å². The summed E-state index contributed by atoms with van der Waals surface area (Å²) in [6, 6.07) is -1.05. The van der Waals surface area contributed by atoms with Crippen LogP contribution in [-0.4, -0.2) is 36.6 Å². The summed E-state index contributed by atoms with van der Waals surface area (Å²) in [7, 11) is -8.59. The van der Waals surface area contributed by atoms with Crippen LogP contribution in [0.2, 0.25) is 0 Å². The number of rotatable bonds is 8. The standard InChI is InChI=1S/C5H15N4O6PS/c6-4(5(10)11)2-1-3-8-16(7,12)9-17(13,14)15/h4H,1-3,6H2,(H,10,11)(H,13,14,15)(H4,7,8,9,12)/t4-,16?/m0/s1. The zero-order chi connectivity index (χ0) is 13.7. The highest BCUT2D eigenvalue weighted by Gasteiger charge is 2.21. The summed E-state index contributed by atoms with van der Waals surface area (Å²) in [5.74, 6) is -1.17. The van der Waals surface area contributed by atoms with Crippen molar-refractivity contribution >= 4 is 23.9 Å². The van der Waals surface area contributed by atoms with Gasteiger partial charge < -0.3 is 10.8 Å². The summed E-state index contributed by atoms with van der Waals surface area (Å²) >= 11 is 0. The quantitative estimate of drug-likeness (QED) is 0.171. The Hall–Kier alpha value is -0.550. The van der Waals surface area contributed by atoms with Crippen molar-refractivity contribution in [1.29, 1.82) is 0 Å². The van der Waals surface area contributed by atoms with E-state index in [1.807, 2.05) is 0 Å². The molecule has 17 heavy (non-hydrogen) atoms. The van der Waals surface area contributed by atoms with Crippen molar-refractivity contribution in [3.8, 4) is 0 Å². The third kappa shape index (κ3) is 9.18. The molecule has 0 fully saturated rings. The van der Waals surface area contributed by atoms with Crippen LogP contribution in [0.15, 0.2) is 0 Å². The van der Waals surface area contributed by atoms with Gasteiger partial charge in [-0.3, -0.25) is 19.4 Å². The number of hydrogen-bond donors (Lipinski definition) is 6.